The smallest absolute Gasteiger partial charge is 0.238 e. The van der Waals surface area contributed by atoms with E-state index in [9.17, 15) is 18.5 Å². The molecule has 4 rings (SSSR count). The molecule has 0 bridgehead atoms. The Hall–Kier alpha value is -3.45. The molecule has 0 spiro atoms. The van der Waals surface area contributed by atoms with Gasteiger partial charge in [0.1, 0.15) is 17.4 Å². The van der Waals surface area contributed by atoms with Crippen LogP contribution in [0.4, 0.5) is 5.69 Å². The first kappa shape index (κ1) is 22.7. The van der Waals surface area contributed by atoms with Gasteiger partial charge in [-0.15, -0.1) is 0 Å². The summed E-state index contributed by atoms with van der Waals surface area (Å²) in [5, 5.41) is 14.8. The quantitative estimate of drug-likeness (QED) is 0.588. The highest BCUT2D eigenvalue weighted by atomic mass is 35.5. The van der Waals surface area contributed by atoms with E-state index in [4.69, 9.17) is 21.5 Å². The van der Waals surface area contributed by atoms with Crippen molar-refractivity contribution in [2.45, 2.75) is 24.2 Å². The maximum absolute atomic E-state index is 12.7. The van der Waals surface area contributed by atoms with E-state index < -0.39 is 10.0 Å². The van der Waals surface area contributed by atoms with E-state index in [0.717, 1.165) is 5.56 Å². The number of benzene rings is 2. The zero-order chi connectivity index (χ0) is 23.8. The molecule has 0 aliphatic carbocycles. The fourth-order valence-corrected chi connectivity index (χ4v) is 4.32. The molecule has 1 saturated heterocycles. The van der Waals surface area contributed by atoms with E-state index in [1.807, 2.05) is 12.1 Å². The number of halogens is 1. The summed E-state index contributed by atoms with van der Waals surface area (Å²) in [5.41, 5.74) is 2.41. The molecule has 8 nitrogen and oxygen atoms in total. The van der Waals surface area contributed by atoms with Gasteiger partial charge in [0.2, 0.25) is 21.8 Å². The monoisotopic (exact) mass is 482 g/mol. The summed E-state index contributed by atoms with van der Waals surface area (Å²) in [4.78, 5) is 18.5. The minimum Gasteiger partial charge on any atom is -0.436 e. The lowest BCUT2D eigenvalue weighted by atomic mass is 9.98. The lowest BCUT2D eigenvalue weighted by Gasteiger charge is -2.18. The van der Waals surface area contributed by atoms with Gasteiger partial charge in [-0.1, -0.05) is 17.7 Å². The topological polar surface area (TPSA) is 126 Å². The highest BCUT2D eigenvalue weighted by molar-refractivity contribution is 7.89. The van der Waals surface area contributed by atoms with Gasteiger partial charge < -0.3 is 9.64 Å². The number of ether oxygens (including phenoxy) is 1. The molecule has 1 aliphatic rings. The number of nitrogens with zero attached hydrogens (tertiary/aromatic N) is 3. The molecule has 2 N–H and O–H groups in total. The number of aromatic nitrogens is 1. The highest BCUT2D eigenvalue weighted by Crippen LogP contribution is 2.37. The molecule has 0 saturated carbocycles. The number of amides is 1. The Kier molecular flexibility index (Phi) is 6.08. The van der Waals surface area contributed by atoms with Gasteiger partial charge >= 0.3 is 0 Å². The molecular weight excluding hydrogens is 464 g/mol. The third-order valence-electron chi connectivity index (χ3n) is 5.36. The first-order chi connectivity index (χ1) is 15.7. The maximum atomic E-state index is 12.7. The second-order valence-corrected chi connectivity index (χ2v) is 9.62. The zero-order valence-electron chi connectivity index (χ0n) is 17.5. The molecule has 1 atom stereocenters. The average molecular weight is 483 g/mol. The van der Waals surface area contributed by atoms with Crippen molar-refractivity contribution in [3.05, 3.63) is 76.4 Å². The molecule has 33 heavy (non-hydrogen) atoms. The Morgan fingerprint density at radius 3 is 2.58 bits per heavy atom. The minimum atomic E-state index is -3.81. The van der Waals surface area contributed by atoms with E-state index >= 15 is 0 Å². The average Bonchev–Trinajstić information content (AvgIpc) is 3.16. The Bertz CT molecular complexity index is 1380. The molecule has 3 aromatic rings. The normalized spacial score (nSPS) is 16.0. The van der Waals surface area contributed by atoms with Crippen molar-refractivity contribution in [1.29, 1.82) is 5.26 Å². The van der Waals surface area contributed by atoms with Crippen molar-refractivity contribution in [3.63, 3.8) is 0 Å². The SMILES string of the molecule is Cc1ccc(C#N)c(Oc2cc([C@H]3CC(=O)N(c4ccc(S(N)(=O)=O)cc4)C3)ccc2Cl)n1. The predicted octanol–water partition coefficient (Wildman–Crippen LogP) is 3.88. The van der Waals surface area contributed by atoms with E-state index in [1.54, 1.807) is 48.2 Å². The van der Waals surface area contributed by atoms with Crippen LogP contribution in [-0.2, 0) is 14.8 Å². The number of carbonyl (C=O) groups is 1. The van der Waals surface area contributed by atoms with E-state index in [1.165, 1.54) is 12.1 Å². The molecular formula is C23H19ClN4O4S. The molecule has 0 unspecified atom stereocenters. The lowest BCUT2D eigenvalue weighted by Crippen LogP contribution is -2.24. The second kappa shape index (κ2) is 8.83. The summed E-state index contributed by atoms with van der Waals surface area (Å²) >= 11 is 6.32. The van der Waals surface area contributed by atoms with Crippen LogP contribution in [0, 0.1) is 18.3 Å². The molecule has 1 aromatic heterocycles. The number of nitrogens with two attached hydrogens (primary N) is 1. The number of hydrogen-bond donors (Lipinski definition) is 1. The first-order valence-corrected chi connectivity index (χ1v) is 11.9. The first-order valence-electron chi connectivity index (χ1n) is 9.94. The number of nitriles is 1. The zero-order valence-corrected chi connectivity index (χ0v) is 19.1. The summed E-state index contributed by atoms with van der Waals surface area (Å²) in [6.45, 7) is 2.20. The Labute approximate surface area is 196 Å². The molecule has 1 aliphatic heterocycles. The fourth-order valence-electron chi connectivity index (χ4n) is 3.65. The third kappa shape index (κ3) is 4.83. The number of carbonyl (C=O) groups excluding carboxylic acids is 1. The van der Waals surface area contributed by atoms with Crippen molar-refractivity contribution in [3.8, 4) is 17.7 Å². The third-order valence-corrected chi connectivity index (χ3v) is 6.60. The summed E-state index contributed by atoms with van der Waals surface area (Å²) in [6.07, 6.45) is 0.268. The highest BCUT2D eigenvalue weighted by Gasteiger charge is 2.32. The molecule has 168 valence electrons. The van der Waals surface area contributed by atoms with Crippen LogP contribution in [0.25, 0.3) is 0 Å². The van der Waals surface area contributed by atoms with Gasteiger partial charge in [0.05, 0.1) is 9.92 Å². The van der Waals surface area contributed by atoms with Crippen molar-refractivity contribution in [2.75, 3.05) is 11.4 Å². The minimum absolute atomic E-state index is 0.0181. The number of pyridine rings is 1. The van der Waals surface area contributed by atoms with Crippen LogP contribution in [0.1, 0.15) is 29.2 Å². The van der Waals surface area contributed by atoms with Crippen molar-refractivity contribution in [2.24, 2.45) is 5.14 Å². The molecule has 10 heteroatoms. The van der Waals surface area contributed by atoms with Gasteiger partial charge in [0.15, 0.2) is 0 Å². The Morgan fingerprint density at radius 2 is 1.91 bits per heavy atom. The molecule has 2 heterocycles. The van der Waals surface area contributed by atoms with Crippen LogP contribution in [0.2, 0.25) is 5.02 Å². The molecule has 1 fully saturated rings. The summed E-state index contributed by atoms with van der Waals surface area (Å²) < 4.78 is 28.8. The number of sulfonamides is 1. The molecule has 2 aromatic carbocycles. The standard InChI is InChI=1S/C23H19ClN4O4S/c1-14-2-3-16(12-25)23(27-14)32-21-10-15(4-9-20(21)24)17-11-22(29)28(13-17)18-5-7-19(8-6-18)33(26,30)31/h2-10,17H,11,13H2,1H3,(H2,26,30,31)/t17-/m0/s1. The van der Waals surface area contributed by atoms with Crippen LogP contribution in [0.3, 0.4) is 0 Å². The van der Waals surface area contributed by atoms with E-state index in [-0.39, 0.29) is 34.6 Å². The molecule has 0 radical (unpaired) electrons. The van der Waals surface area contributed by atoms with Crippen LogP contribution in [0.15, 0.2) is 59.5 Å². The fraction of sp³-hybridized carbons (Fsp3) is 0.174. The van der Waals surface area contributed by atoms with Crippen LogP contribution in [0.5, 0.6) is 11.6 Å². The number of primary sulfonamides is 1. The number of hydrogen-bond acceptors (Lipinski definition) is 6. The van der Waals surface area contributed by atoms with Gasteiger partial charge in [-0.3, -0.25) is 4.79 Å². The van der Waals surface area contributed by atoms with Gasteiger partial charge in [0.25, 0.3) is 0 Å². The number of anilines is 1. The second-order valence-electron chi connectivity index (χ2n) is 7.65. The number of aryl methyl sites for hydroxylation is 1. The Balaban J connectivity index is 1.58. The van der Waals surface area contributed by atoms with Gasteiger partial charge in [-0.05, 0) is 61.0 Å². The largest absolute Gasteiger partial charge is 0.436 e. The van der Waals surface area contributed by atoms with Gasteiger partial charge in [-0.2, -0.15) is 5.26 Å². The van der Waals surface area contributed by atoms with Crippen molar-refractivity contribution < 1.29 is 17.9 Å². The van der Waals surface area contributed by atoms with E-state index in [0.29, 0.717) is 28.7 Å². The summed E-state index contributed by atoms with van der Waals surface area (Å²) in [5.74, 6) is 0.284. The number of rotatable bonds is 5. The van der Waals surface area contributed by atoms with Crippen molar-refractivity contribution >= 4 is 33.2 Å². The lowest BCUT2D eigenvalue weighted by molar-refractivity contribution is -0.117. The molecule has 1 amide bonds. The summed E-state index contributed by atoms with van der Waals surface area (Å²) in [6, 6.07) is 16.5. The van der Waals surface area contributed by atoms with Gasteiger partial charge in [-0.25, -0.2) is 18.5 Å². The van der Waals surface area contributed by atoms with Crippen LogP contribution in [-0.4, -0.2) is 25.9 Å². The maximum Gasteiger partial charge on any atom is 0.238 e. The van der Waals surface area contributed by atoms with Crippen LogP contribution >= 0.6 is 11.6 Å². The van der Waals surface area contributed by atoms with Crippen LogP contribution < -0.4 is 14.8 Å². The predicted molar refractivity (Wildman–Crippen MR) is 123 cm³/mol. The van der Waals surface area contributed by atoms with E-state index in [2.05, 4.69) is 4.98 Å². The Morgan fingerprint density at radius 1 is 1.18 bits per heavy atom. The summed E-state index contributed by atoms with van der Waals surface area (Å²) in [7, 11) is -3.81. The van der Waals surface area contributed by atoms with Gasteiger partial charge in [0, 0.05) is 30.3 Å². The van der Waals surface area contributed by atoms with Crippen molar-refractivity contribution in [1.82, 2.24) is 4.98 Å².